The van der Waals surface area contributed by atoms with Crippen molar-refractivity contribution >= 4 is 16.8 Å². The molecule has 0 amide bonds. The number of benzene rings is 1. The zero-order chi connectivity index (χ0) is 26.9. The van der Waals surface area contributed by atoms with Crippen LogP contribution in [0.25, 0.3) is 11.0 Å². The normalized spacial score (nSPS) is 42.4. The van der Waals surface area contributed by atoms with E-state index in [0.29, 0.717) is 29.6 Å². The summed E-state index contributed by atoms with van der Waals surface area (Å²) in [5.41, 5.74) is 1.30. The third-order valence-corrected chi connectivity index (χ3v) is 11.8. The first-order chi connectivity index (χ1) is 18.1. The van der Waals surface area contributed by atoms with Crippen molar-refractivity contribution in [1.82, 2.24) is 15.0 Å². The number of ether oxygens (including phenoxy) is 2. The molecular weight excluding hydrogens is 478 g/mol. The Kier molecular flexibility index (Phi) is 6.42. The first-order valence-corrected chi connectivity index (χ1v) is 14.7. The Morgan fingerprint density at radius 2 is 1.79 bits per heavy atom. The van der Waals surface area contributed by atoms with E-state index in [1.54, 1.807) is 11.9 Å². The van der Waals surface area contributed by atoms with E-state index in [0.717, 1.165) is 68.3 Å². The summed E-state index contributed by atoms with van der Waals surface area (Å²) >= 11 is 0. The second kappa shape index (κ2) is 9.29. The van der Waals surface area contributed by atoms with Gasteiger partial charge in [-0.05, 0) is 111 Å². The molecule has 4 aliphatic carbocycles. The average molecular weight is 524 g/mol. The fourth-order valence-electron chi connectivity index (χ4n) is 9.90. The second-order valence-electron chi connectivity index (χ2n) is 13.9. The molecule has 208 valence electrons. The summed E-state index contributed by atoms with van der Waals surface area (Å²) in [5, 5.41) is 20.1. The van der Waals surface area contributed by atoms with Crippen LogP contribution in [0, 0.1) is 46.3 Å². The van der Waals surface area contributed by atoms with E-state index in [1.165, 1.54) is 6.42 Å². The SMILES string of the molecule is COC[C@H]1C[C@H]2C[C@](C)(O)CC[C@]2(C)[C@H]2CC[C@]3(C)[C@@H](C(=O)Cn4nc5ccc(OC)cc5n4)CC[C@H]3[C@H]12. The minimum absolute atomic E-state index is 0.0173. The Morgan fingerprint density at radius 3 is 2.55 bits per heavy atom. The van der Waals surface area contributed by atoms with E-state index in [2.05, 4.69) is 24.0 Å². The molecule has 0 unspecified atom stereocenters. The summed E-state index contributed by atoms with van der Waals surface area (Å²) in [5.74, 6) is 3.92. The molecule has 0 radical (unpaired) electrons. The third kappa shape index (κ3) is 4.11. The lowest BCUT2D eigenvalue weighted by Gasteiger charge is -2.64. The number of carbonyl (C=O) groups is 1. The number of methoxy groups -OCH3 is 2. The van der Waals surface area contributed by atoms with Gasteiger partial charge in [-0.25, -0.2) is 0 Å². The lowest BCUT2D eigenvalue weighted by atomic mass is 9.42. The van der Waals surface area contributed by atoms with Gasteiger partial charge >= 0.3 is 0 Å². The minimum atomic E-state index is -0.543. The van der Waals surface area contributed by atoms with Crippen molar-refractivity contribution in [3.05, 3.63) is 18.2 Å². The van der Waals surface area contributed by atoms with Crippen molar-refractivity contribution in [3.8, 4) is 5.75 Å². The summed E-state index contributed by atoms with van der Waals surface area (Å²) in [4.78, 5) is 15.4. The summed E-state index contributed by atoms with van der Waals surface area (Å²) in [6, 6.07) is 5.64. The van der Waals surface area contributed by atoms with Gasteiger partial charge in [0.15, 0.2) is 5.78 Å². The van der Waals surface area contributed by atoms with Gasteiger partial charge in [-0.15, -0.1) is 0 Å². The number of aliphatic hydroxyl groups is 1. The summed E-state index contributed by atoms with van der Waals surface area (Å²) in [7, 11) is 3.47. The number of hydrogen-bond donors (Lipinski definition) is 1. The zero-order valence-electron chi connectivity index (χ0n) is 23.8. The van der Waals surface area contributed by atoms with Gasteiger partial charge < -0.3 is 14.6 Å². The van der Waals surface area contributed by atoms with Crippen LogP contribution in [0.3, 0.4) is 0 Å². The van der Waals surface area contributed by atoms with E-state index in [4.69, 9.17) is 9.47 Å². The first kappa shape index (κ1) is 26.2. The molecule has 0 saturated heterocycles. The van der Waals surface area contributed by atoms with Crippen LogP contribution in [-0.4, -0.2) is 52.3 Å². The fourth-order valence-corrected chi connectivity index (χ4v) is 9.90. The predicted octanol–water partition coefficient (Wildman–Crippen LogP) is 5.29. The topological polar surface area (TPSA) is 86.5 Å². The Bertz CT molecular complexity index is 1210. The second-order valence-corrected chi connectivity index (χ2v) is 13.9. The van der Waals surface area contributed by atoms with Crippen molar-refractivity contribution in [2.24, 2.45) is 46.3 Å². The third-order valence-electron chi connectivity index (χ3n) is 11.8. The van der Waals surface area contributed by atoms with Crippen molar-refractivity contribution in [2.75, 3.05) is 20.8 Å². The number of nitrogens with zero attached hydrogens (tertiary/aromatic N) is 3. The van der Waals surface area contributed by atoms with E-state index in [9.17, 15) is 9.90 Å². The molecule has 6 rings (SSSR count). The molecule has 7 heteroatoms. The van der Waals surface area contributed by atoms with Crippen molar-refractivity contribution in [3.63, 3.8) is 0 Å². The highest BCUT2D eigenvalue weighted by molar-refractivity contribution is 5.82. The molecule has 0 aliphatic heterocycles. The molecule has 0 bridgehead atoms. The molecule has 38 heavy (non-hydrogen) atoms. The number of aromatic nitrogens is 3. The molecule has 2 aromatic rings. The highest BCUT2D eigenvalue weighted by Gasteiger charge is 2.63. The monoisotopic (exact) mass is 523 g/mol. The van der Waals surface area contributed by atoms with Crippen molar-refractivity contribution < 1.29 is 19.4 Å². The molecule has 4 saturated carbocycles. The molecular formula is C31H45N3O4. The Labute approximate surface area is 226 Å². The summed E-state index contributed by atoms with van der Waals surface area (Å²) in [6.07, 6.45) is 8.44. The number of rotatable bonds is 6. The quantitative estimate of drug-likeness (QED) is 0.554. The van der Waals surface area contributed by atoms with Crippen LogP contribution >= 0.6 is 0 Å². The molecule has 1 aromatic carbocycles. The predicted molar refractivity (Wildman–Crippen MR) is 146 cm³/mol. The van der Waals surface area contributed by atoms with Gasteiger partial charge in [0, 0.05) is 25.7 Å². The van der Waals surface area contributed by atoms with E-state index < -0.39 is 5.60 Å². The van der Waals surface area contributed by atoms with Crippen LogP contribution in [-0.2, 0) is 16.1 Å². The van der Waals surface area contributed by atoms with Crippen LogP contribution < -0.4 is 4.74 Å². The number of hydrogen-bond acceptors (Lipinski definition) is 6. The van der Waals surface area contributed by atoms with E-state index >= 15 is 0 Å². The summed E-state index contributed by atoms with van der Waals surface area (Å²) in [6.45, 7) is 7.98. The Morgan fingerprint density at radius 1 is 1.03 bits per heavy atom. The summed E-state index contributed by atoms with van der Waals surface area (Å²) < 4.78 is 11.1. The van der Waals surface area contributed by atoms with E-state index in [1.807, 2.05) is 32.2 Å². The maximum atomic E-state index is 13.8. The molecule has 9 atom stereocenters. The van der Waals surface area contributed by atoms with Gasteiger partial charge in [0.2, 0.25) is 0 Å². The number of ketones is 1. The number of fused-ring (bicyclic) bond motifs is 6. The van der Waals surface area contributed by atoms with E-state index in [-0.39, 0.29) is 29.1 Å². The van der Waals surface area contributed by atoms with Crippen LogP contribution in [0.15, 0.2) is 18.2 Å². The van der Waals surface area contributed by atoms with Crippen LogP contribution in [0.1, 0.15) is 72.1 Å². The maximum absolute atomic E-state index is 13.8. The Balaban J connectivity index is 1.24. The molecule has 1 aromatic heterocycles. The fraction of sp³-hybridized carbons (Fsp3) is 0.774. The number of Topliss-reactive ketones (excluding diaryl/α,β-unsaturated/α-hetero) is 1. The van der Waals surface area contributed by atoms with Gasteiger partial charge in [0.1, 0.15) is 23.3 Å². The van der Waals surface area contributed by atoms with Crippen molar-refractivity contribution in [1.29, 1.82) is 0 Å². The largest absolute Gasteiger partial charge is 0.497 e. The lowest BCUT2D eigenvalue weighted by molar-refractivity contribution is -0.175. The van der Waals surface area contributed by atoms with Crippen LogP contribution in [0.5, 0.6) is 5.75 Å². The van der Waals surface area contributed by atoms with Gasteiger partial charge in [0.25, 0.3) is 0 Å². The molecule has 7 nitrogen and oxygen atoms in total. The van der Waals surface area contributed by atoms with Gasteiger partial charge in [-0.1, -0.05) is 13.8 Å². The van der Waals surface area contributed by atoms with Crippen molar-refractivity contribution in [2.45, 2.75) is 84.3 Å². The van der Waals surface area contributed by atoms with Gasteiger partial charge in [0.05, 0.1) is 12.7 Å². The standard InChI is InChI=1S/C31H45N3O4/c1-29(36)12-13-30(2)20(16-29)14-19(18-37-4)28-23-8-7-22(31(23,3)11-10-24(28)30)27(35)17-34-32-25-9-6-21(38-5)15-26(25)33-34/h6,9,15,19-20,22-24,28,36H,7-8,10-14,16-18H2,1-5H3/t19-,20+,22-,23+,24+,28+,29-,30+,31-/m1/s1. The molecule has 1 N–H and O–H groups in total. The molecule has 4 aliphatic rings. The zero-order valence-corrected chi connectivity index (χ0v) is 23.8. The average Bonchev–Trinajstić information content (AvgIpc) is 3.44. The minimum Gasteiger partial charge on any atom is -0.497 e. The van der Waals surface area contributed by atoms with Crippen LogP contribution in [0.2, 0.25) is 0 Å². The van der Waals surface area contributed by atoms with Crippen LogP contribution in [0.4, 0.5) is 0 Å². The first-order valence-electron chi connectivity index (χ1n) is 14.7. The molecule has 4 fully saturated rings. The highest BCUT2D eigenvalue weighted by Crippen LogP contribution is 2.69. The highest BCUT2D eigenvalue weighted by atomic mass is 16.5. The smallest absolute Gasteiger partial charge is 0.159 e. The van der Waals surface area contributed by atoms with Gasteiger partial charge in [-0.3, -0.25) is 4.79 Å². The lowest BCUT2D eigenvalue weighted by Crippen LogP contribution is -2.59. The molecule has 0 spiro atoms. The Hall–Kier alpha value is -1.99. The number of carbonyl (C=O) groups excluding carboxylic acids is 1. The molecule has 1 heterocycles. The van der Waals surface area contributed by atoms with Gasteiger partial charge in [-0.2, -0.15) is 15.0 Å². The maximum Gasteiger partial charge on any atom is 0.159 e.